The van der Waals surface area contributed by atoms with Crippen LogP contribution >= 0.6 is 0 Å². The molecule has 1 unspecified atom stereocenters. The number of carbonyl (C=O) groups is 1. The Hall–Kier alpha value is -1.66. The molecular formula is C17H22N2O3S. The number of nitrogens with zero attached hydrogens (tertiary/aromatic N) is 1. The number of hydrogen-bond acceptors (Lipinski definition) is 3. The highest BCUT2D eigenvalue weighted by Crippen LogP contribution is 2.21. The highest BCUT2D eigenvalue weighted by atomic mass is 32.2. The van der Waals surface area contributed by atoms with Gasteiger partial charge in [-0.05, 0) is 24.8 Å². The molecule has 1 heterocycles. The Morgan fingerprint density at radius 1 is 1.22 bits per heavy atom. The zero-order valence-electron chi connectivity index (χ0n) is 13.0. The van der Waals surface area contributed by atoms with Crippen LogP contribution in [0.1, 0.15) is 24.8 Å². The van der Waals surface area contributed by atoms with Gasteiger partial charge in [0.15, 0.2) is 0 Å². The number of ether oxygens (including phenoxy) is 1. The lowest BCUT2D eigenvalue weighted by Crippen LogP contribution is -2.36. The molecule has 0 bridgehead atoms. The fraction of sp³-hybridized carbons (Fsp3) is 0.471. The molecule has 1 N–H and O–H groups in total. The average Bonchev–Trinajstić information content (AvgIpc) is 3.25. The molecule has 0 saturated carbocycles. The molecule has 6 heteroatoms. The molecule has 124 valence electrons. The number of amides is 1. The van der Waals surface area contributed by atoms with Crippen LogP contribution in [0.2, 0.25) is 0 Å². The monoisotopic (exact) mass is 334 g/mol. The van der Waals surface area contributed by atoms with Crippen LogP contribution in [-0.2, 0) is 22.3 Å². The summed E-state index contributed by atoms with van der Waals surface area (Å²) in [6, 6.07) is 9.47. The summed E-state index contributed by atoms with van der Waals surface area (Å²) >= 11 is 0. The Labute approximate surface area is 139 Å². The highest BCUT2D eigenvalue weighted by molar-refractivity contribution is 7.83. The van der Waals surface area contributed by atoms with Crippen molar-refractivity contribution >= 4 is 17.1 Å². The Morgan fingerprint density at radius 3 is 2.70 bits per heavy atom. The number of nitrogens with one attached hydrogen (secondary N) is 1. The van der Waals surface area contributed by atoms with E-state index in [9.17, 15) is 9.00 Å². The topological polar surface area (TPSA) is 58.6 Å². The third-order valence-electron chi connectivity index (χ3n) is 4.14. The molecule has 3 atom stereocenters. The van der Waals surface area contributed by atoms with Crippen molar-refractivity contribution in [2.24, 2.45) is 0 Å². The third kappa shape index (κ3) is 4.42. The van der Waals surface area contributed by atoms with Crippen LogP contribution in [0.3, 0.4) is 0 Å². The number of benzene rings is 1. The van der Waals surface area contributed by atoms with E-state index in [1.54, 1.807) is 0 Å². The molecule has 0 aromatic heterocycles. The molecule has 3 rings (SSSR count). The lowest BCUT2D eigenvalue weighted by molar-refractivity contribution is 0.137. The predicted octanol–water partition coefficient (Wildman–Crippen LogP) is 2.37. The van der Waals surface area contributed by atoms with Gasteiger partial charge in [-0.25, -0.2) is 13.3 Å². The van der Waals surface area contributed by atoms with Crippen LogP contribution in [-0.4, -0.2) is 39.0 Å². The van der Waals surface area contributed by atoms with E-state index in [1.807, 2.05) is 46.8 Å². The van der Waals surface area contributed by atoms with Crippen LogP contribution in [0.15, 0.2) is 42.5 Å². The van der Waals surface area contributed by atoms with Crippen LogP contribution < -0.4 is 5.32 Å². The summed E-state index contributed by atoms with van der Waals surface area (Å²) in [5.41, 5.74) is 0.956. The number of alkyl carbamates (subject to hydrolysis) is 1. The summed E-state index contributed by atoms with van der Waals surface area (Å²) in [5.74, 6) is 0. The molecule has 0 spiro atoms. The van der Waals surface area contributed by atoms with Crippen molar-refractivity contribution < 1.29 is 13.7 Å². The van der Waals surface area contributed by atoms with E-state index in [2.05, 4.69) is 5.32 Å². The SMILES string of the molecule is O=C(N[C@@H]1C=C[C@H](S(=O)N2CCCC2)C1)OCc1ccccc1. The van der Waals surface area contributed by atoms with Gasteiger partial charge in [-0.2, -0.15) is 0 Å². The summed E-state index contributed by atoms with van der Waals surface area (Å²) in [4.78, 5) is 11.9. The van der Waals surface area contributed by atoms with E-state index in [0.717, 1.165) is 31.5 Å². The normalized spacial score (nSPS) is 25.4. The van der Waals surface area contributed by atoms with E-state index in [-0.39, 0.29) is 17.9 Å². The summed E-state index contributed by atoms with van der Waals surface area (Å²) in [6.45, 7) is 2.08. The van der Waals surface area contributed by atoms with E-state index >= 15 is 0 Å². The summed E-state index contributed by atoms with van der Waals surface area (Å²) in [5, 5.41) is 2.82. The maximum absolute atomic E-state index is 12.4. The van der Waals surface area contributed by atoms with E-state index in [0.29, 0.717) is 6.42 Å². The van der Waals surface area contributed by atoms with Gasteiger partial charge in [0.1, 0.15) is 17.6 Å². The second-order valence-corrected chi connectivity index (χ2v) is 7.56. The molecule has 1 aromatic rings. The van der Waals surface area contributed by atoms with Gasteiger partial charge in [-0.1, -0.05) is 42.5 Å². The van der Waals surface area contributed by atoms with Gasteiger partial charge in [0.05, 0.1) is 11.3 Å². The zero-order chi connectivity index (χ0) is 16.1. The van der Waals surface area contributed by atoms with Crippen LogP contribution in [0, 0.1) is 0 Å². The summed E-state index contributed by atoms with van der Waals surface area (Å²) in [6.07, 6.45) is 6.35. The Bertz CT molecular complexity index is 585. The molecule has 1 aliphatic heterocycles. The van der Waals surface area contributed by atoms with Crippen molar-refractivity contribution in [3.05, 3.63) is 48.0 Å². The first-order valence-electron chi connectivity index (χ1n) is 8.03. The first-order valence-corrected chi connectivity index (χ1v) is 9.20. The Balaban J connectivity index is 1.42. The summed E-state index contributed by atoms with van der Waals surface area (Å²) < 4.78 is 19.7. The minimum Gasteiger partial charge on any atom is -0.445 e. The molecular weight excluding hydrogens is 312 g/mol. The van der Waals surface area contributed by atoms with Gasteiger partial charge < -0.3 is 10.1 Å². The van der Waals surface area contributed by atoms with Crippen LogP contribution in [0.25, 0.3) is 0 Å². The Kier molecular flexibility index (Phi) is 5.46. The summed E-state index contributed by atoms with van der Waals surface area (Å²) in [7, 11) is -0.985. The van der Waals surface area contributed by atoms with E-state index in [4.69, 9.17) is 4.74 Å². The standard InChI is InChI=1S/C17H22N2O3S/c20-17(22-13-14-6-2-1-3-7-14)18-15-8-9-16(12-15)23(21)19-10-4-5-11-19/h1-3,6-9,15-16H,4-5,10-13H2,(H,18,20)/t15-,16+,23?/m1/s1. The second-order valence-electron chi connectivity index (χ2n) is 5.88. The Morgan fingerprint density at radius 2 is 1.96 bits per heavy atom. The van der Waals surface area contributed by atoms with Crippen molar-refractivity contribution in [1.82, 2.24) is 9.62 Å². The minimum absolute atomic E-state index is 0.00692. The van der Waals surface area contributed by atoms with E-state index in [1.165, 1.54) is 0 Å². The van der Waals surface area contributed by atoms with Gasteiger partial charge in [-0.15, -0.1) is 0 Å². The van der Waals surface area contributed by atoms with Gasteiger partial charge in [0, 0.05) is 13.1 Å². The van der Waals surface area contributed by atoms with Crippen molar-refractivity contribution in [1.29, 1.82) is 0 Å². The number of carbonyl (C=O) groups excluding carboxylic acids is 1. The van der Waals surface area contributed by atoms with Gasteiger partial charge >= 0.3 is 6.09 Å². The third-order valence-corrected chi connectivity index (χ3v) is 5.88. The van der Waals surface area contributed by atoms with Crippen molar-refractivity contribution in [2.45, 2.75) is 37.2 Å². The van der Waals surface area contributed by atoms with Crippen molar-refractivity contribution in [3.63, 3.8) is 0 Å². The van der Waals surface area contributed by atoms with E-state index < -0.39 is 17.1 Å². The molecule has 0 radical (unpaired) electrons. The quantitative estimate of drug-likeness (QED) is 0.841. The second kappa shape index (κ2) is 7.75. The lowest BCUT2D eigenvalue weighted by Gasteiger charge is -2.19. The molecule has 1 aromatic carbocycles. The van der Waals surface area contributed by atoms with Gasteiger partial charge in [-0.3, -0.25) is 0 Å². The fourth-order valence-electron chi connectivity index (χ4n) is 2.90. The molecule has 1 amide bonds. The average molecular weight is 334 g/mol. The highest BCUT2D eigenvalue weighted by Gasteiger charge is 2.29. The smallest absolute Gasteiger partial charge is 0.407 e. The van der Waals surface area contributed by atoms with Gasteiger partial charge in [0.2, 0.25) is 0 Å². The van der Waals surface area contributed by atoms with Gasteiger partial charge in [0.25, 0.3) is 0 Å². The van der Waals surface area contributed by atoms with Crippen LogP contribution in [0.4, 0.5) is 4.79 Å². The maximum Gasteiger partial charge on any atom is 0.407 e. The molecule has 2 aliphatic rings. The van der Waals surface area contributed by atoms with Crippen molar-refractivity contribution in [2.75, 3.05) is 13.1 Å². The fourth-order valence-corrected chi connectivity index (χ4v) is 4.50. The maximum atomic E-state index is 12.4. The first-order chi connectivity index (χ1) is 11.2. The lowest BCUT2D eigenvalue weighted by atomic mass is 10.2. The molecule has 1 fully saturated rings. The predicted molar refractivity (Wildman–Crippen MR) is 90.0 cm³/mol. The largest absolute Gasteiger partial charge is 0.445 e. The number of rotatable bonds is 5. The molecule has 1 saturated heterocycles. The minimum atomic E-state index is -0.985. The van der Waals surface area contributed by atoms with Crippen LogP contribution in [0.5, 0.6) is 0 Å². The number of hydrogen-bond donors (Lipinski definition) is 1. The molecule has 1 aliphatic carbocycles. The molecule has 23 heavy (non-hydrogen) atoms. The zero-order valence-corrected chi connectivity index (χ0v) is 13.8. The molecule has 5 nitrogen and oxygen atoms in total. The van der Waals surface area contributed by atoms with Crippen molar-refractivity contribution in [3.8, 4) is 0 Å². The first kappa shape index (κ1) is 16.2.